The Morgan fingerprint density at radius 2 is 1.53 bits per heavy atom. The summed E-state index contributed by atoms with van der Waals surface area (Å²) < 4.78 is 4.55. The summed E-state index contributed by atoms with van der Waals surface area (Å²) in [6, 6.07) is 28.5. The third-order valence-electron chi connectivity index (χ3n) is 5.09. The van der Waals surface area contributed by atoms with Crippen LogP contribution in [0.15, 0.2) is 84.9 Å². The van der Waals surface area contributed by atoms with Crippen molar-refractivity contribution < 1.29 is 4.79 Å². The van der Waals surface area contributed by atoms with E-state index in [1.54, 1.807) is 0 Å². The van der Waals surface area contributed by atoms with E-state index in [0.29, 0.717) is 19.5 Å². The number of carbonyl (C=O) groups is 1. The highest BCUT2D eigenvalue weighted by molar-refractivity contribution is 7.09. The third kappa shape index (κ3) is 6.25. The van der Waals surface area contributed by atoms with Crippen molar-refractivity contribution in [2.45, 2.75) is 26.4 Å². The van der Waals surface area contributed by atoms with Gasteiger partial charge in [0, 0.05) is 31.0 Å². The van der Waals surface area contributed by atoms with E-state index in [-0.39, 0.29) is 12.5 Å². The third-order valence-corrected chi connectivity index (χ3v) is 5.91. The standard InChI is InChI=1S/C26H26N4OS/c1-20-12-14-21(15-13-20)16-24-28-26(32-29-24)30(18-23-10-6-3-7-11-23)19-25(31)27-17-22-8-4-2-5-9-22/h2-15H,16-19H2,1H3,(H,27,31). The summed E-state index contributed by atoms with van der Waals surface area (Å²) in [6.07, 6.45) is 0.677. The van der Waals surface area contributed by atoms with Gasteiger partial charge in [0.25, 0.3) is 0 Å². The van der Waals surface area contributed by atoms with E-state index in [2.05, 4.69) is 53.0 Å². The minimum Gasteiger partial charge on any atom is -0.350 e. The maximum absolute atomic E-state index is 12.7. The summed E-state index contributed by atoms with van der Waals surface area (Å²) in [5, 5.41) is 3.77. The molecule has 0 fully saturated rings. The van der Waals surface area contributed by atoms with Crippen molar-refractivity contribution in [3.05, 3.63) is 113 Å². The summed E-state index contributed by atoms with van der Waals surface area (Å²) in [6.45, 7) is 3.40. The molecule has 1 heterocycles. The van der Waals surface area contributed by atoms with E-state index in [0.717, 1.165) is 22.1 Å². The molecule has 32 heavy (non-hydrogen) atoms. The lowest BCUT2D eigenvalue weighted by molar-refractivity contribution is -0.119. The van der Waals surface area contributed by atoms with Crippen LogP contribution in [0.3, 0.4) is 0 Å². The van der Waals surface area contributed by atoms with Crippen LogP contribution in [-0.4, -0.2) is 21.8 Å². The monoisotopic (exact) mass is 442 g/mol. The van der Waals surface area contributed by atoms with Gasteiger partial charge in [-0.2, -0.15) is 4.37 Å². The smallest absolute Gasteiger partial charge is 0.239 e. The first-order chi connectivity index (χ1) is 15.7. The minimum atomic E-state index is -0.0416. The fourth-order valence-electron chi connectivity index (χ4n) is 3.35. The molecule has 1 aromatic heterocycles. The molecular formula is C26H26N4OS. The van der Waals surface area contributed by atoms with Gasteiger partial charge in [0.2, 0.25) is 11.0 Å². The van der Waals surface area contributed by atoms with Crippen LogP contribution in [0.4, 0.5) is 5.13 Å². The van der Waals surface area contributed by atoms with Gasteiger partial charge in [-0.15, -0.1) is 0 Å². The quantitative estimate of drug-likeness (QED) is 0.406. The first-order valence-electron chi connectivity index (χ1n) is 10.6. The van der Waals surface area contributed by atoms with Crippen molar-refractivity contribution in [2.75, 3.05) is 11.4 Å². The van der Waals surface area contributed by atoms with Crippen LogP contribution < -0.4 is 10.2 Å². The molecule has 0 bridgehead atoms. The van der Waals surface area contributed by atoms with Gasteiger partial charge in [-0.25, -0.2) is 4.98 Å². The van der Waals surface area contributed by atoms with Gasteiger partial charge < -0.3 is 10.2 Å². The van der Waals surface area contributed by atoms with E-state index >= 15 is 0 Å². The molecule has 5 nitrogen and oxygen atoms in total. The molecule has 0 saturated carbocycles. The van der Waals surface area contributed by atoms with Crippen molar-refractivity contribution in [1.82, 2.24) is 14.7 Å². The van der Waals surface area contributed by atoms with E-state index in [9.17, 15) is 4.79 Å². The van der Waals surface area contributed by atoms with Gasteiger partial charge >= 0.3 is 0 Å². The fraction of sp³-hybridized carbons (Fsp3) is 0.192. The zero-order chi connectivity index (χ0) is 22.2. The molecule has 6 heteroatoms. The number of rotatable bonds is 9. The molecule has 0 aliphatic rings. The molecule has 0 aliphatic heterocycles. The Labute approximate surface area is 192 Å². The fourth-order valence-corrected chi connectivity index (χ4v) is 4.04. The molecule has 0 radical (unpaired) electrons. The summed E-state index contributed by atoms with van der Waals surface area (Å²) >= 11 is 1.34. The lowest BCUT2D eigenvalue weighted by atomic mass is 10.1. The van der Waals surface area contributed by atoms with Gasteiger partial charge in [-0.3, -0.25) is 4.79 Å². The Hall–Kier alpha value is -3.51. The van der Waals surface area contributed by atoms with Gasteiger partial charge in [0.1, 0.15) is 5.82 Å². The molecular weight excluding hydrogens is 416 g/mol. The molecule has 162 valence electrons. The first kappa shape index (κ1) is 21.7. The van der Waals surface area contributed by atoms with Crippen LogP contribution in [0.5, 0.6) is 0 Å². The topological polar surface area (TPSA) is 58.1 Å². The van der Waals surface area contributed by atoms with Gasteiger partial charge in [-0.05, 0) is 23.6 Å². The number of carbonyl (C=O) groups excluding carboxylic acids is 1. The number of hydrogen-bond donors (Lipinski definition) is 1. The normalized spacial score (nSPS) is 10.7. The van der Waals surface area contributed by atoms with E-state index < -0.39 is 0 Å². The molecule has 4 aromatic rings. The second-order valence-corrected chi connectivity index (χ2v) is 8.49. The number of benzene rings is 3. The lowest BCUT2D eigenvalue weighted by Gasteiger charge is -2.21. The number of hydrogen-bond acceptors (Lipinski definition) is 5. The second-order valence-electron chi connectivity index (χ2n) is 7.76. The van der Waals surface area contributed by atoms with Gasteiger partial charge in [0.05, 0.1) is 6.54 Å². The van der Waals surface area contributed by atoms with Crippen LogP contribution in [0, 0.1) is 6.92 Å². The Morgan fingerprint density at radius 1 is 0.875 bits per heavy atom. The van der Waals surface area contributed by atoms with Crippen LogP contribution in [-0.2, 0) is 24.3 Å². The molecule has 0 aliphatic carbocycles. The van der Waals surface area contributed by atoms with Crippen LogP contribution in [0.1, 0.15) is 28.1 Å². The van der Waals surface area contributed by atoms with Gasteiger partial charge in [0.15, 0.2) is 0 Å². The van der Waals surface area contributed by atoms with Crippen molar-refractivity contribution in [3.8, 4) is 0 Å². The zero-order valence-electron chi connectivity index (χ0n) is 18.1. The van der Waals surface area contributed by atoms with Crippen molar-refractivity contribution in [2.24, 2.45) is 0 Å². The van der Waals surface area contributed by atoms with E-state index in [1.165, 1.54) is 22.7 Å². The van der Waals surface area contributed by atoms with Crippen molar-refractivity contribution in [1.29, 1.82) is 0 Å². The molecule has 0 saturated heterocycles. The average molecular weight is 443 g/mol. The number of amides is 1. The number of nitrogens with zero attached hydrogens (tertiary/aromatic N) is 3. The SMILES string of the molecule is Cc1ccc(Cc2nsc(N(CC(=O)NCc3ccccc3)Cc3ccccc3)n2)cc1. The predicted molar refractivity (Wildman–Crippen MR) is 130 cm³/mol. The highest BCUT2D eigenvalue weighted by atomic mass is 32.1. The molecule has 4 rings (SSSR count). The Bertz CT molecular complexity index is 1130. The van der Waals surface area contributed by atoms with Crippen LogP contribution in [0.25, 0.3) is 0 Å². The van der Waals surface area contributed by atoms with Crippen molar-refractivity contribution in [3.63, 3.8) is 0 Å². The summed E-state index contributed by atoms with van der Waals surface area (Å²) in [7, 11) is 0. The van der Waals surface area contributed by atoms with E-state index in [4.69, 9.17) is 4.98 Å². The Kier molecular flexibility index (Phi) is 7.25. The summed E-state index contributed by atoms with van der Waals surface area (Å²) in [4.78, 5) is 19.5. The van der Waals surface area contributed by atoms with Crippen LogP contribution in [0.2, 0.25) is 0 Å². The summed E-state index contributed by atoms with van der Waals surface area (Å²) in [5.74, 6) is 0.733. The van der Waals surface area contributed by atoms with Gasteiger partial charge in [-0.1, -0.05) is 90.5 Å². The number of nitrogens with one attached hydrogen (secondary N) is 1. The highest BCUT2D eigenvalue weighted by Crippen LogP contribution is 2.21. The zero-order valence-corrected chi connectivity index (χ0v) is 18.9. The molecule has 0 atom stereocenters. The average Bonchev–Trinajstić information content (AvgIpc) is 3.29. The maximum Gasteiger partial charge on any atom is 0.239 e. The Morgan fingerprint density at radius 3 is 2.22 bits per heavy atom. The molecule has 0 spiro atoms. The molecule has 3 aromatic carbocycles. The summed E-state index contributed by atoms with van der Waals surface area (Å²) in [5.41, 5.74) is 4.61. The number of anilines is 1. The first-order valence-corrected chi connectivity index (χ1v) is 11.4. The van der Waals surface area contributed by atoms with Crippen LogP contribution >= 0.6 is 11.5 Å². The number of aryl methyl sites for hydroxylation is 1. The Balaban J connectivity index is 1.45. The molecule has 0 unspecified atom stereocenters. The predicted octanol–water partition coefficient (Wildman–Crippen LogP) is 4.76. The largest absolute Gasteiger partial charge is 0.350 e. The molecule has 1 amide bonds. The second kappa shape index (κ2) is 10.7. The minimum absolute atomic E-state index is 0.0416. The maximum atomic E-state index is 12.7. The molecule has 1 N–H and O–H groups in total. The number of aromatic nitrogens is 2. The highest BCUT2D eigenvalue weighted by Gasteiger charge is 2.17. The van der Waals surface area contributed by atoms with E-state index in [1.807, 2.05) is 53.4 Å². The lowest BCUT2D eigenvalue weighted by Crippen LogP contribution is -2.36. The van der Waals surface area contributed by atoms with Crippen molar-refractivity contribution >= 4 is 22.6 Å².